The van der Waals surface area contributed by atoms with Gasteiger partial charge in [0, 0.05) is 29.8 Å². The van der Waals surface area contributed by atoms with Gasteiger partial charge < -0.3 is 10.0 Å². The van der Waals surface area contributed by atoms with Crippen molar-refractivity contribution in [1.29, 1.82) is 0 Å². The van der Waals surface area contributed by atoms with Crippen LogP contribution in [0, 0.1) is 11.8 Å². The third-order valence-corrected chi connectivity index (χ3v) is 17.6. The maximum atomic E-state index is 12.5. The second kappa shape index (κ2) is 23.1. The molecule has 0 saturated carbocycles. The fourth-order valence-corrected chi connectivity index (χ4v) is 10.5. The fourth-order valence-electron chi connectivity index (χ4n) is 8.32. The molecule has 0 aromatic heterocycles. The first-order valence-corrected chi connectivity index (χ1v) is 26.7. The highest BCUT2D eigenvalue weighted by molar-refractivity contribution is 7.92. The highest BCUT2D eigenvalue weighted by atomic mass is 35.5. The molecule has 9 nitrogen and oxygen atoms in total. The monoisotopic (exact) mass is 912 g/mol. The molecule has 2 amide bonds. The van der Waals surface area contributed by atoms with E-state index in [1.165, 1.54) is 16.2 Å². The second-order valence-corrected chi connectivity index (χ2v) is 24.5. The molecule has 1 N–H and O–H groups in total. The first-order valence-electron chi connectivity index (χ1n) is 22.9. The highest BCUT2D eigenvalue weighted by Gasteiger charge is 2.37. The van der Waals surface area contributed by atoms with Crippen LogP contribution in [0.25, 0.3) is 0 Å². The van der Waals surface area contributed by atoms with Gasteiger partial charge in [-0.2, -0.15) is 0 Å². The normalized spacial score (nSPS) is 16.5. The van der Waals surface area contributed by atoms with Crippen molar-refractivity contribution in [3.63, 3.8) is 0 Å². The van der Waals surface area contributed by atoms with Crippen LogP contribution in [0.4, 0.5) is 5.69 Å². The smallest absolute Gasteiger partial charge is 0.261 e. The number of fused-ring (bicyclic) bond motifs is 1. The lowest BCUT2D eigenvalue weighted by Gasteiger charge is -2.39. The molecule has 12 heteroatoms. The van der Waals surface area contributed by atoms with E-state index >= 15 is 0 Å². The Kier molecular flexibility index (Phi) is 19.1. The summed E-state index contributed by atoms with van der Waals surface area (Å²) in [4.78, 5) is 28.5. The Labute approximate surface area is 378 Å². The van der Waals surface area contributed by atoms with E-state index in [1.54, 1.807) is 33.8 Å². The van der Waals surface area contributed by atoms with Gasteiger partial charge in [0.15, 0.2) is 19.7 Å². The van der Waals surface area contributed by atoms with Crippen LogP contribution in [0.3, 0.4) is 0 Å². The molecule has 0 bridgehead atoms. The maximum Gasteiger partial charge on any atom is 0.261 e. The van der Waals surface area contributed by atoms with Gasteiger partial charge in [-0.05, 0) is 171 Å². The fraction of sp³-hybridized carbons (Fsp3) is 0.600. The average molecular weight is 914 g/mol. The number of hydrogen-bond donors (Lipinski definition) is 1. The van der Waals surface area contributed by atoms with Crippen molar-refractivity contribution in [3.05, 3.63) is 99.6 Å². The van der Waals surface area contributed by atoms with Crippen LogP contribution in [0.1, 0.15) is 157 Å². The number of sulfone groups is 2. The first kappa shape index (κ1) is 51.4. The highest BCUT2D eigenvalue weighted by Crippen LogP contribution is 2.35. The van der Waals surface area contributed by atoms with E-state index in [-0.39, 0.29) is 34.1 Å². The largest absolute Gasteiger partial charge is 0.385 e. The molecule has 0 aliphatic carbocycles. The van der Waals surface area contributed by atoms with Crippen LogP contribution in [-0.4, -0.2) is 79.8 Å². The van der Waals surface area contributed by atoms with Crippen molar-refractivity contribution < 1.29 is 31.5 Å². The third-order valence-electron chi connectivity index (χ3n) is 12.8. The number of imide groups is 1. The summed E-state index contributed by atoms with van der Waals surface area (Å²) in [5.41, 5.74) is 4.80. The summed E-state index contributed by atoms with van der Waals surface area (Å²) in [6, 6.07) is 21.8. The van der Waals surface area contributed by atoms with Crippen molar-refractivity contribution in [3.8, 4) is 0 Å². The zero-order valence-corrected chi connectivity index (χ0v) is 40.9. The summed E-state index contributed by atoms with van der Waals surface area (Å²) >= 11 is 5.99. The number of carbonyl (C=O) groups is 2. The average Bonchev–Trinajstić information content (AvgIpc) is 3.47. The van der Waals surface area contributed by atoms with Crippen molar-refractivity contribution in [2.45, 2.75) is 155 Å². The van der Waals surface area contributed by atoms with E-state index < -0.39 is 25.3 Å². The third kappa shape index (κ3) is 14.6. The van der Waals surface area contributed by atoms with Gasteiger partial charge in [-0.3, -0.25) is 14.5 Å². The summed E-state index contributed by atoms with van der Waals surface area (Å²) in [5.74, 6) is 1.20. The number of piperidine rings is 1. The van der Waals surface area contributed by atoms with Crippen LogP contribution >= 0.6 is 11.6 Å². The van der Waals surface area contributed by atoms with Gasteiger partial charge in [-0.15, -0.1) is 0 Å². The minimum Gasteiger partial charge on any atom is -0.385 e. The number of hydrogen-bond acceptors (Lipinski definition) is 8. The molecular weight excluding hydrogens is 840 g/mol. The van der Waals surface area contributed by atoms with Gasteiger partial charge in [0.25, 0.3) is 11.8 Å². The number of aryl methyl sites for hydroxylation is 2. The Morgan fingerprint density at radius 1 is 0.613 bits per heavy atom. The van der Waals surface area contributed by atoms with E-state index in [9.17, 15) is 31.5 Å². The van der Waals surface area contributed by atoms with E-state index in [0.717, 1.165) is 82.0 Å². The molecule has 5 rings (SSSR count). The van der Waals surface area contributed by atoms with Crippen LogP contribution in [0.5, 0.6) is 0 Å². The molecule has 1 fully saturated rings. The maximum absolute atomic E-state index is 12.5. The Bertz CT molecular complexity index is 2130. The van der Waals surface area contributed by atoms with Crippen molar-refractivity contribution in [2.75, 3.05) is 29.5 Å². The number of carbonyl (C=O) groups excluding carboxylic acids is 2. The lowest BCUT2D eigenvalue weighted by molar-refractivity contribution is 0.0118. The van der Waals surface area contributed by atoms with E-state index in [1.807, 2.05) is 50.2 Å². The number of rotatable bonds is 21. The van der Waals surface area contributed by atoms with E-state index in [0.29, 0.717) is 53.0 Å². The molecule has 3 aromatic carbocycles. The lowest BCUT2D eigenvalue weighted by Crippen LogP contribution is -2.42. The number of amides is 2. The molecule has 2 unspecified atom stereocenters. The van der Waals surface area contributed by atoms with E-state index in [2.05, 4.69) is 43.0 Å². The van der Waals surface area contributed by atoms with Crippen LogP contribution in [0.15, 0.2) is 66.7 Å². The van der Waals surface area contributed by atoms with Gasteiger partial charge in [-0.25, -0.2) is 16.8 Å². The molecule has 3 aromatic rings. The molecule has 2 atom stereocenters. The summed E-state index contributed by atoms with van der Waals surface area (Å²) in [7, 11) is -5.86. The minimum absolute atomic E-state index is 0.142. The molecule has 344 valence electrons. The zero-order chi connectivity index (χ0) is 45.8. The van der Waals surface area contributed by atoms with Gasteiger partial charge >= 0.3 is 0 Å². The Morgan fingerprint density at radius 3 is 1.55 bits per heavy atom. The number of halogens is 1. The van der Waals surface area contributed by atoms with Crippen LogP contribution in [-0.2, 0) is 38.1 Å². The lowest BCUT2D eigenvalue weighted by atomic mass is 9.84. The Hall–Kier alpha value is -3.25. The second-order valence-electron chi connectivity index (χ2n) is 18.8. The molecule has 2 aliphatic rings. The molecule has 62 heavy (non-hydrogen) atoms. The predicted octanol–water partition coefficient (Wildman–Crippen LogP) is 10.6. The number of benzene rings is 3. The molecular formula is C50H73ClN2O7S2. The first-order chi connectivity index (χ1) is 29.1. The summed E-state index contributed by atoms with van der Waals surface area (Å²) in [6.07, 6.45) is 10.9. The number of aliphatic hydroxyl groups is 1. The SMILES string of the molecule is CC(CCCc1ccc(N2CCC(O)(c3ccc(Cl)cc3)CC2)cc1)CCCS(=O)(=O)C(C)C.CC(CCCc1ccc2c(c1)C(=O)N(C(C)C)C2=O)CCCS(=O)(=O)C(C)C. The molecule has 1 saturated heterocycles. The molecule has 0 spiro atoms. The van der Waals surface area contributed by atoms with Gasteiger partial charge in [0.2, 0.25) is 0 Å². The summed E-state index contributed by atoms with van der Waals surface area (Å²) < 4.78 is 47.6. The Morgan fingerprint density at radius 2 is 1.06 bits per heavy atom. The Balaban J connectivity index is 0.000000278. The van der Waals surface area contributed by atoms with E-state index in [4.69, 9.17) is 11.6 Å². The van der Waals surface area contributed by atoms with Crippen molar-refractivity contribution in [1.82, 2.24) is 4.90 Å². The van der Waals surface area contributed by atoms with Crippen LogP contribution in [0.2, 0.25) is 5.02 Å². The number of anilines is 1. The molecule has 2 aliphatic heterocycles. The molecule has 2 heterocycles. The summed E-state index contributed by atoms with van der Waals surface area (Å²) in [6.45, 7) is 16.7. The van der Waals surface area contributed by atoms with Gasteiger partial charge in [0.05, 0.1) is 38.7 Å². The van der Waals surface area contributed by atoms with Gasteiger partial charge in [-0.1, -0.05) is 68.6 Å². The van der Waals surface area contributed by atoms with Crippen LogP contribution < -0.4 is 4.90 Å². The summed E-state index contributed by atoms with van der Waals surface area (Å²) in [5, 5.41) is 11.2. The standard InChI is InChI=1S/C28H40ClNO3S.C22H33NO4S/c1-22(2)34(32,33)21-5-7-23(3)6-4-8-24-9-15-27(16-10-24)30-19-17-28(31,18-20-30)25-11-13-26(29)14-12-25;1-15(2)23-21(24)19-12-11-18(14-20(19)22(23)25)10-6-8-17(5)9-7-13-28(26,27)16(3)4/h9-16,22-23,31H,4-8,17-21H2,1-3H3;11-12,14-17H,6-10,13H2,1-5H3. The molecule has 0 radical (unpaired) electrons. The number of nitrogens with zero attached hydrogens (tertiary/aromatic N) is 2. The topological polar surface area (TPSA) is 129 Å². The van der Waals surface area contributed by atoms with Crippen molar-refractivity contribution in [2.24, 2.45) is 11.8 Å². The minimum atomic E-state index is -2.95. The van der Waals surface area contributed by atoms with Crippen molar-refractivity contribution >= 4 is 48.8 Å². The predicted molar refractivity (Wildman–Crippen MR) is 256 cm³/mol. The van der Waals surface area contributed by atoms with Gasteiger partial charge in [0.1, 0.15) is 0 Å². The zero-order valence-electron chi connectivity index (χ0n) is 38.5. The quantitative estimate of drug-likeness (QED) is 0.105.